The van der Waals surface area contributed by atoms with Crippen molar-refractivity contribution in [3.05, 3.63) is 52.4 Å². The van der Waals surface area contributed by atoms with Gasteiger partial charge < -0.3 is 15.5 Å². The lowest BCUT2D eigenvalue weighted by atomic mass is 10.1. The first-order chi connectivity index (χ1) is 16.2. The zero-order valence-corrected chi connectivity index (χ0v) is 20.9. The van der Waals surface area contributed by atoms with Gasteiger partial charge in [-0.3, -0.25) is 4.79 Å². The van der Waals surface area contributed by atoms with Crippen molar-refractivity contribution in [3.63, 3.8) is 0 Å². The van der Waals surface area contributed by atoms with Gasteiger partial charge in [0.1, 0.15) is 11.6 Å². The highest BCUT2D eigenvalue weighted by molar-refractivity contribution is 7.92. The molecule has 3 heterocycles. The van der Waals surface area contributed by atoms with Gasteiger partial charge >= 0.3 is 0 Å². The minimum atomic E-state index is -3.51. The molecule has 1 aromatic carbocycles. The van der Waals surface area contributed by atoms with Gasteiger partial charge in [-0.05, 0) is 56.0 Å². The molecule has 184 valence electrons. The molecule has 0 saturated carbocycles. The Bertz CT molecular complexity index is 1170. The smallest absolute Gasteiger partial charge is 0.255 e. The maximum Gasteiger partial charge on any atom is 0.255 e. The van der Waals surface area contributed by atoms with E-state index in [0.717, 1.165) is 18.9 Å². The van der Waals surface area contributed by atoms with E-state index in [1.165, 1.54) is 12.1 Å². The Morgan fingerprint density at radius 2 is 1.82 bits per heavy atom. The summed E-state index contributed by atoms with van der Waals surface area (Å²) in [6.07, 6.45) is 2.78. The van der Waals surface area contributed by atoms with Gasteiger partial charge in [-0.25, -0.2) is 17.8 Å². The Balaban J connectivity index is 1.63. The Hall–Kier alpha value is -2.23. The van der Waals surface area contributed by atoms with E-state index in [0.29, 0.717) is 37.4 Å². The fourth-order valence-electron chi connectivity index (χ4n) is 5.14. The number of pyridine rings is 1. The number of piperazine rings is 1. The number of rotatable bonds is 7. The van der Waals surface area contributed by atoms with Gasteiger partial charge in [0, 0.05) is 31.7 Å². The van der Waals surface area contributed by atoms with Crippen LogP contribution in [0, 0.1) is 5.82 Å². The number of fused-ring (bicyclic) bond motifs is 2. The van der Waals surface area contributed by atoms with Crippen LogP contribution in [0.2, 0.25) is 5.02 Å². The summed E-state index contributed by atoms with van der Waals surface area (Å²) in [6.45, 7) is 4.79. The monoisotopic (exact) mass is 508 g/mol. The van der Waals surface area contributed by atoms with Crippen LogP contribution in [-0.4, -0.2) is 54.6 Å². The maximum absolute atomic E-state index is 13.4. The molecule has 10 heteroatoms. The summed E-state index contributed by atoms with van der Waals surface area (Å²) >= 11 is 6.12. The summed E-state index contributed by atoms with van der Waals surface area (Å²) in [6, 6.07) is 7.01. The van der Waals surface area contributed by atoms with Crippen LogP contribution in [0.15, 0.2) is 35.2 Å². The van der Waals surface area contributed by atoms with Crippen molar-refractivity contribution in [1.29, 1.82) is 0 Å². The molecule has 2 bridgehead atoms. The molecule has 0 radical (unpaired) electrons. The van der Waals surface area contributed by atoms with E-state index in [4.69, 9.17) is 17.3 Å². The number of carbonyl (C=O) groups excluding carboxylic acids is 1. The molecular formula is C24H30ClFN4O3S. The largest absolute Gasteiger partial charge is 0.347 e. The zero-order valence-electron chi connectivity index (χ0n) is 19.4. The van der Waals surface area contributed by atoms with E-state index in [2.05, 4.69) is 9.88 Å². The molecule has 4 rings (SSSR count). The molecule has 2 aliphatic rings. The van der Waals surface area contributed by atoms with Crippen LogP contribution in [0.1, 0.15) is 55.6 Å². The van der Waals surface area contributed by atoms with Gasteiger partial charge in [-0.1, -0.05) is 25.4 Å². The Morgan fingerprint density at radius 1 is 1.18 bits per heavy atom. The minimum Gasteiger partial charge on any atom is -0.347 e. The molecule has 1 aromatic heterocycles. The van der Waals surface area contributed by atoms with Crippen molar-refractivity contribution >= 4 is 33.2 Å². The standard InChI is InChI=1S/C24H30ClFN4O3S/c1-3-19(4-2)34(32,33)20-10-16(12-27)28-23(11-20)30-17-6-7-18(30)14-29(13-17)24(31)21-8-5-15(26)9-22(21)25/h5,8-11,17-19H,3-4,6-7,12-14,27H2,1-2H3. The van der Waals surface area contributed by atoms with Crippen LogP contribution >= 0.6 is 11.6 Å². The van der Waals surface area contributed by atoms with E-state index in [-0.39, 0.29) is 40.0 Å². The van der Waals surface area contributed by atoms with Crippen LogP contribution in [-0.2, 0) is 16.4 Å². The number of carbonyl (C=O) groups is 1. The Labute approximate surface area is 205 Å². The highest BCUT2D eigenvalue weighted by Crippen LogP contribution is 2.36. The summed E-state index contributed by atoms with van der Waals surface area (Å²) in [7, 11) is -3.51. The fourth-order valence-corrected chi connectivity index (χ4v) is 7.22. The van der Waals surface area contributed by atoms with Crippen LogP contribution in [0.4, 0.5) is 10.2 Å². The predicted octanol–water partition coefficient (Wildman–Crippen LogP) is 3.79. The van der Waals surface area contributed by atoms with Gasteiger partial charge in [0.2, 0.25) is 0 Å². The second kappa shape index (κ2) is 9.79. The molecule has 1 amide bonds. The van der Waals surface area contributed by atoms with Crippen molar-refractivity contribution in [2.75, 3.05) is 18.0 Å². The van der Waals surface area contributed by atoms with E-state index < -0.39 is 20.9 Å². The number of amides is 1. The molecule has 2 N–H and O–H groups in total. The lowest BCUT2D eigenvalue weighted by Gasteiger charge is -2.42. The number of benzene rings is 1. The number of hydrogen-bond donors (Lipinski definition) is 1. The first-order valence-electron chi connectivity index (χ1n) is 11.7. The molecule has 7 nitrogen and oxygen atoms in total. The molecule has 34 heavy (non-hydrogen) atoms. The van der Waals surface area contributed by atoms with Crippen LogP contribution in [0.3, 0.4) is 0 Å². The van der Waals surface area contributed by atoms with E-state index in [1.807, 2.05) is 13.8 Å². The Kier molecular flexibility index (Phi) is 7.17. The van der Waals surface area contributed by atoms with Crippen molar-refractivity contribution < 1.29 is 17.6 Å². The lowest BCUT2D eigenvalue weighted by molar-refractivity contribution is 0.0717. The van der Waals surface area contributed by atoms with Crippen LogP contribution in [0.25, 0.3) is 0 Å². The van der Waals surface area contributed by atoms with Crippen molar-refractivity contribution in [2.45, 2.75) is 68.3 Å². The molecule has 2 saturated heterocycles. The van der Waals surface area contributed by atoms with E-state index >= 15 is 0 Å². The van der Waals surface area contributed by atoms with E-state index in [9.17, 15) is 17.6 Å². The average molecular weight is 509 g/mol. The summed E-state index contributed by atoms with van der Waals surface area (Å²) in [5.41, 5.74) is 6.67. The van der Waals surface area contributed by atoms with Gasteiger partial charge in [0.05, 0.1) is 26.4 Å². The van der Waals surface area contributed by atoms with Crippen LogP contribution < -0.4 is 10.6 Å². The third kappa shape index (κ3) is 4.53. The topological polar surface area (TPSA) is 96.6 Å². The Morgan fingerprint density at radius 3 is 2.38 bits per heavy atom. The third-order valence-electron chi connectivity index (χ3n) is 6.92. The molecule has 2 unspecified atom stereocenters. The zero-order chi connectivity index (χ0) is 24.6. The number of hydrogen-bond acceptors (Lipinski definition) is 6. The van der Waals surface area contributed by atoms with Crippen LogP contribution in [0.5, 0.6) is 0 Å². The molecule has 0 aliphatic carbocycles. The van der Waals surface area contributed by atoms with Gasteiger partial charge in [-0.2, -0.15) is 0 Å². The molecule has 0 spiro atoms. The highest BCUT2D eigenvalue weighted by atomic mass is 35.5. The third-order valence-corrected chi connectivity index (χ3v) is 9.67. The first-order valence-corrected chi connectivity index (χ1v) is 13.6. The molecule has 2 aromatic rings. The summed E-state index contributed by atoms with van der Waals surface area (Å²) in [5, 5.41) is -0.367. The van der Waals surface area contributed by atoms with Crippen molar-refractivity contribution in [1.82, 2.24) is 9.88 Å². The number of nitrogens with zero attached hydrogens (tertiary/aromatic N) is 3. The predicted molar refractivity (Wildman–Crippen MR) is 130 cm³/mol. The quantitative estimate of drug-likeness (QED) is 0.611. The number of likely N-dealkylation sites (tertiary alicyclic amines) is 1. The number of halogens is 2. The summed E-state index contributed by atoms with van der Waals surface area (Å²) in [4.78, 5) is 21.9. The molecule has 2 fully saturated rings. The number of aromatic nitrogens is 1. The second-order valence-corrected chi connectivity index (χ2v) is 11.6. The van der Waals surface area contributed by atoms with Gasteiger partial charge in [0.15, 0.2) is 9.84 Å². The second-order valence-electron chi connectivity index (χ2n) is 8.97. The number of anilines is 1. The highest BCUT2D eigenvalue weighted by Gasteiger charge is 2.43. The number of nitrogens with two attached hydrogens (primary N) is 1. The lowest BCUT2D eigenvalue weighted by Crippen LogP contribution is -2.55. The number of sulfone groups is 1. The van der Waals surface area contributed by atoms with Gasteiger partial charge in [-0.15, -0.1) is 0 Å². The molecular weight excluding hydrogens is 479 g/mol. The van der Waals surface area contributed by atoms with Crippen molar-refractivity contribution in [2.24, 2.45) is 5.73 Å². The van der Waals surface area contributed by atoms with E-state index in [1.54, 1.807) is 17.0 Å². The fraction of sp³-hybridized carbons (Fsp3) is 0.500. The average Bonchev–Trinajstić information content (AvgIpc) is 3.08. The minimum absolute atomic E-state index is 0.00819. The first kappa shape index (κ1) is 24.9. The SMILES string of the molecule is CCC(CC)S(=O)(=O)c1cc(CN)nc(N2C3CCC2CN(C(=O)c2ccc(F)cc2Cl)C3)c1. The molecule has 2 atom stereocenters. The summed E-state index contributed by atoms with van der Waals surface area (Å²) in [5.74, 6) is -0.134. The summed E-state index contributed by atoms with van der Waals surface area (Å²) < 4.78 is 39.9. The van der Waals surface area contributed by atoms with Crippen molar-refractivity contribution in [3.8, 4) is 0 Å². The molecule has 2 aliphatic heterocycles. The maximum atomic E-state index is 13.4. The normalized spacial score (nSPS) is 20.3. The van der Waals surface area contributed by atoms with Gasteiger partial charge in [0.25, 0.3) is 5.91 Å².